The highest BCUT2D eigenvalue weighted by Crippen LogP contribution is 2.57. The van der Waals surface area contributed by atoms with E-state index < -0.39 is 8.45 Å². The van der Waals surface area contributed by atoms with Crippen LogP contribution in [0.3, 0.4) is 0 Å². The van der Waals surface area contributed by atoms with Gasteiger partial charge in [-0.2, -0.15) is 0 Å². The molecule has 3 nitrogen and oxygen atoms in total. The quantitative estimate of drug-likeness (QED) is 0.430. The van der Waals surface area contributed by atoms with Crippen LogP contribution in [0.1, 0.15) is 39.2 Å². The number of anilines is 1. The van der Waals surface area contributed by atoms with Crippen LogP contribution < -0.4 is 9.19 Å². The van der Waals surface area contributed by atoms with Gasteiger partial charge in [0.2, 0.25) is 0 Å². The zero-order chi connectivity index (χ0) is 18.3. The molecule has 3 radical (unpaired) electrons. The topological polar surface area (TPSA) is 15.7 Å². The Kier molecular flexibility index (Phi) is 6.25. The first-order valence-electron chi connectivity index (χ1n) is 9.31. The SMILES string of the molecule is CC(C)(C)c1ccc(O[P@]2N(c3ccccc3)C[C@@H]3CCCN32)c(Br)c1.[B]. The van der Waals surface area contributed by atoms with E-state index >= 15 is 0 Å². The summed E-state index contributed by atoms with van der Waals surface area (Å²) in [6.45, 7) is 8.91. The monoisotopic (exact) mass is 443 g/mol. The van der Waals surface area contributed by atoms with E-state index in [1.807, 2.05) is 0 Å². The van der Waals surface area contributed by atoms with Crippen LogP contribution in [0.5, 0.6) is 5.75 Å². The number of hydrogen-bond donors (Lipinski definition) is 0. The molecular weight excluding hydrogens is 418 g/mol. The number of fused-ring (bicyclic) bond motifs is 1. The molecule has 0 amide bonds. The van der Waals surface area contributed by atoms with E-state index in [2.05, 4.69) is 94.6 Å². The van der Waals surface area contributed by atoms with Crippen LogP contribution in [0.25, 0.3) is 0 Å². The fourth-order valence-corrected chi connectivity index (χ4v) is 6.52. The van der Waals surface area contributed by atoms with Crippen LogP contribution in [-0.2, 0) is 5.41 Å². The van der Waals surface area contributed by atoms with Gasteiger partial charge in [-0.15, -0.1) is 0 Å². The van der Waals surface area contributed by atoms with Gasteiger partial charge in [0.1, 0.15) is 5.75 Å². The molecule has 2 aliphatic heterocycles. The smallest absolute Gasteiger partial charge is 0.279 e. The average molecular weight is 444 g/mol. The van der Waals surface area contributed by atoms with Crippen LogP contribution in [0.2, 0.25) is 0 Å². The van der Waals surface area contributed by atoms with Gasteiger partial charge >= 0.3 is 0 Å². The fourth-order valence-electron chi connectivity index (χ4n) is 3.67. The zero-order valence-electron chi connectivity index (χ0n) is 16.2. The Labute approximate surface area is 174 Å². The third-order valence-corrected chi connectivity index (χ3v) is 7.94. The number of rotatable bonds is 3. The minimum absolute atomic E-state index is 0. The first kappa shape index (κ1) is 20.7. The normalized spacial score (nSPS) is 22.4. The molecule has 27 heavy (non-hydrogen) atoms. The highest BCUT2D eigenvalue weighted by molar-refractivity contribution is 9.10. The predicted molar refractivity (Wildman–Crippen MR) is 120 cm³/mol. The molecule has 4 rings (SSSR count). The fraction of sp³-hybridized carbons (Fsp3) is 0.429. The molecule has 2 atom stereocenters. The van der Waals surface area contributed by atoms with E-state index in [1.54, 1.807) is 0 Å². The maximum Gasteiger partial charge on any atom is 0.279 e. The molecule has 0 aromatic heterocycles. The minimum Gasteiger partial charge on any atom is -0.439 e. The Morgan fingerprint density at radius 1 is 1.11 bits per heavy atom. The van der Waals surface area contributed by atoms with Crippen LogP contribution in [0, 0.1) is 0 Å². The van der Waals surface area contributed by atoms with Gasteiger partial charge in [0.05, 0.1) is 4.47 Å². The van der Waals surface area contributed by atoms with E-state index in [0.717, 1.165) is 23.3 Å². The Bertz CT molecular complexity index is 783. The molecule has 2 aromatic rings. The Balaban J connectivity index is 0.00000210. The van der Waals surface area contributed by atoms with Gasteiger partial charge in [-0.3, -0.25) is 0 Å². The van der Waals surface area contributed by atoms with Gasteiger partial charge in [-0.25, -0.2) is 4.67 Å². The molecule has 141 valence electrons. The van der Waals surface area contributed by atoms with Crippen molar-refractivity contribution in [3.63, 3.8) is 0 Å². The molecule has 0 spiro atoms. The van der Waals surface area contributed by atoms with Gasteiger partial charge < -0.3 is 9.19 Å². The number of para-hydroxylation sites is 1. The van der Waals surface area contributed by atoms with Gasteiger partial charge in [-0.1, -0.05) is 45.0 Å². The molecule has 2 fully saturated rings. The summed E-state index contributed by atoms with van der Waals surface area (Å²) in [5.74, 6) is 0.942. The second kappa shape index (κ2) is 8.15. The highest BCUT2D eigenvalue weighted by Gasteiger charge is 2.45. The summed E-state index contributed by atoms with van der Waals surface area (Å²) in [5.41, 5.74) is 2.71. The van der Waals surface area contributed by atoms with Crippen LogP contribution in [0.4, 0.5) is 5.69 Å². The number of hydrogen-bond acceptors (Lipinski definition) is 3. The molecule has 0 aliphatic carbocycles. The third kappa shape index (κ3) is 4.21. The van der Waals surface area contributed by atoms with Crippen molar-refractivity contribution in [1.29, 1.82) is 0 Å². The van der Waals surface area contributed by atoms with Crippen molar-refractivity contribution < 1.29 is 4.52 Å². The Hall–Kier alpha value is -1.03. The first-order valence-corrected chi connectivity index (χ1v) is 11.3. The molecule has 2 saturated heterocycles. The van der Waals surface area contributed by atoms with Crippen LogP contribution in [0.15, 0.2) is 53.0 Å². The molecule has 2 heterocycles. The van der Waals surface area contributed by atoms with Gasteiger partial charge in [-0.05, 0) is 64.0 Å². The van der Waals surface area contributed by atoms with Gasteiger partial charge in [0.25, 0.3) is 8.45 Å². The van der Waals surface area contributed by atoms with Crippen molar-refractivity contribution in [2.24, 2.45) is 0 Å². The second-order valence-corrected chi connectivity index (χ2v) is 10.7. The summed E-state index contributed by atoms with van der Waals surface area (Å²) in [6, 6.07) is 17.8. The summed E-state index contributed by atoms with van der Waals surface area (Å²) in [4.78, 5) is 0. The summed E-state index contributed by atoms with van der Waals surface area (Å²) in [5, 5.41) is 0. The van der Waals surface area contributed by atoms with Gasteiger partial charge in [0.15, 0.2) is 0 Å². The van der Waals surface area contributed by atoms with E-state index in [4.69, 9.17) is 4.52 Å². The van der Waals surface area contributed by atoms with Crippen molar-refractivity contribution in [3.8, 4) is 5.75 Å². The molecule has 6 heteroatoms. The average Bonchev–Trinajstić information content (AvgIpc) is 3.19. The van der Waals surface area contributed by atoms with Crippen LogP contribution >= 0.6 is 24.4 Å². The number of halogens is 1. The maximum atomic E-state index is 6.62. The molecule has 0 saturated carbocycles. The van der Waals surface area contributed by atoms with Crippen molar-refractivity contribution in [2.45, 2.75) is 45.1 Å². The van der Waals surface area contributed by atoms with E-state index in [1.165, 1.54) is 24.1 Å². The molecular formula is C21H26BBrN2OP. The largest absolute Gasteiger partial charge is 0.439 e. The lowest BCUT2D eigenvalue weighted by Gasteiger charge is -2.29. The summed E-state index contributed by atoms with van der Waals surface area (Å²) < 4.78 is 12.7. The summed E-state index contributed by atoms with van der Waals surface area (Å²) in [7, 11) is -0.819. The molecule has 2 aromatic carbocycles. The predicted octanol–water partition coefficient (Wildman–Crippen LogP) is 5.96. The first-order chi connectivity index (χ1) is 12.4. The lowest BCUT2D eigenvalue weighted by Crippen LogP contribution is -2.20. The van der Waals surface area contributed by atoms with Crippen molar-refractivity contribution >= 4 is 38.5 Å². The Morgan fingerprint density at radius 3 is 2.52 bits per heavy atom. The lowest BCUT2D eigenvalue weighted by atomic mass is 9.87. The van der Waals surface area contributed by atoms with E-state index in [0.29, 0.717) is 6.04 Å². The number of nitrogens with zero attached hydrogens (tertiary/aromatic N) is 2. The van der Waals surface area contributed by atoms with Gasteiger partial charge in [0, 0.05) is 33.2 Å². The van der Waals surface area contributed by atoms with Crippen molar-refractivity contribution in [1.82, 2.24) is 4.67 Å². The second-order valence-electron chi connectivity index (χ2n) is 8.12. The summed E-state index contributed by atoms with van der Waals surface area (Å²) in [6.07, 6.45) is 2.55. The molecule has 0 N–H and O–H groups in total. The zero-order valence-corrected chi connectivity index (χ0v) is 18.7. The standard InChI is InChI=1S/C21H26BrN2OP.B/c1-21(2,3)16-11-12-20(19(22)14-16)25-26-23-13-7-10-18(23)15-24(26)17-8-5-4-6-9-17;/h4-6,8-9,11-12,14,18H,7,10,13,15H2,1-3H3;/t18-,26-;/m0./s1. The van der Waals surface area contributed by atoms with Crippen LogP contribution in [-0.4, -0.2) is 32.2 Å². The number of benzene rings is 2. The summed E-state index contributed by atoms with van der Waals surface area (Å²) >= 11 is 3.74. The van der Waals surface area contributed by atoms with Crippen molar-refractivity contribution in [3.05, 3.63) is 58.6 Å². The minimum atomic E-state index is -0.819. The van der Waals surface area contributed by atoms with Crippen molar-refractivity contribution in [2.75, 3.05) is 17.8 Å². The molecule has 0 unspecified atom stereocenters. The lowest BCUT2D eigenvalue weighted by molar-refractivity contribution is 0.431. The Morgan fingerprint density at radius 2 is 1.85 bits per heavy atom. The van der Waals surface area contributed by atoms with E-state index in [9.17, 15) is 0 Å². The molecule has 0 bridgehead atoms. The maximum absolute atomic E-state index is 6.62. The third-order valence-electron chi connectivity index (χ3n) is 5.19. The van der Waals surface area contributed by atoms with E-state index in [-0.39, 0.29) is 13.8 Å². The highest BCUT2D eigenvalue weighted by atomic mass is 79.9. The molecule has 2 aliphatic rings.